The van der Waals surface area contributed by atoms with Crippen molar-refractivity contribution < 1.29 is 18.3 Å². The van der Waals surface area contributed by atoms with E-state index in [1.807, 2.05) is 6.92 Å². The van der Waals surface area contributed by atoms with Crippen molar-refractivity contribution in [3.05, 3.63) is 29.8 Å². The second-order valence-corrected chi connectivity index (χ2v) is 3.76. The summed E-state index contributed by atoms with van der Waals surface area (Å²) in [7, 11) is 0. The predicted octanol–water partition coefficient (Wildman–Crippen LogP) is 2.31. The standard InChI is InChI=1S/C12H12F2N4O2/c1-2-6-19-11-16-10(15)17-12(18-11)20-8-5-3-4-7(13)9(8)14/h3-5H,2,6H2,1H3,(H2,15,16,17,18). The van der Waals surface area contributed by atoms with Gasteiger partial charge in [0.2, 0.25) is 11.8 Å². The Kier molecular flexibility index (Phi) is 4.24. The molecule has 0 fully saturated rings. The van der Waals surface area contributed by atoms with Gasteiger partial charge in [-0.1, -0.05) is 13.0 Å². The van der Waals surface area contributed by atoms with E-state index in [1.165, 1.54) is 12.1 Å². The van der Waals surface area contributed by atoms with Crippen LogP contribution in [0.4, 0.5) is 14.7 Å². The number of nitrogens with two attached hydrogens (primary N) is 1. The number of hydrogen-bond donors (Lipinski definition) is 1. The molecular formula is C12H12F2N4O2. The number of hydrogen-bond acceptors (Lipinski definition) is 6. The van der Waals surface area contributed by atoms with Crippen LogP contribution in [0.3, 0.4) is 0 Å². The topological polar surface area (TPSA) is 83.2 Å². The maximum Gasteiger partial charge on any atom is 0.330 e. The molecule has 0 saturated heterocycles. The minimum Gasteiger partial charge on any atom is -0.463 e. The third kappa shape index (κ3) is 3.28. The summed E-state index contributed by atoms with van der Waals surface area (Å²) >= 11 is 0. The lowest BCUT2D eigenvalue weighted by Gasteiger charge is -2.07. The predicted molar refractivity (Wildman–Crippen MR) is 66.5 cm³/mol. The smallest absolute Gasteiger partial charge is 0.330 e. The third-order valence-electron chi connectivity index (χ3n) is 2.16. The van der Waals surface area contributed by atoms with Crippen LogP contribution in [0.1, 0.15) is 13.3 Å². The molecule has 0 aliphatic carbocycles. The van der Waals surface area contributed by atoms with Crippen molar-refractivity contribution in [3.8, 4) is 17.8 Å². The lowest BCUT2D eigenvalue weighted by molar-refractivity contribution is 0.284. The van der Waals surface area contributed by atoms with Crippen LogP contribution in [-0.4, -0.2) is 21.6 Å². The Morgan fingerprint density at radius 3 is 2.65 bits per heavy atom. The maximum absolute atomic E-state index is 13.5. The molecular weight excluding hydrogens is 270 g/mol. The maximum atomic E-state index is 13.5. The zero-order valence-electron chi connectivity index (χ0n) is 10.6. The van der Waals surface area contributed by atoms with Crippen LogP contribution in [-0.2, 0) is 0 Å². The van der Waals surface area contributed by atoms with Gasteiger partial charge in [-0.3, -0.25) is 0 Å². The summed E-state index contributed by atoms with van der Waals surface area (Å²) in [4.78, 5) is 11.2. The Bertz CT molecular complexity index is 610. The molecule has 6 nitrogen and oxygen atoms in total. The van der Waals surface area contributed by atoms with Crippen LogP contribution in [0.15, 0.2) is 18.2 Å². The summed E-state index contributed by atoms with van der Waals surface area (Å²) in [6.45, 7) is 2.29. The van der Waals surface area contributed by atoms with Crippen molar-refractivity contribution >= 4 is 5.95 Å². The van der Waals surface area contributed by atoms with Crippen LogP contribution < -0.4 is 15.2 Å². The van der Waals surface area contributed by atoms with Gasteiger partial charge in [-0.15, -0.1) is 4.98 Å². The first-order chi connectivity index (χ1) is 9.60. The van der Waals surface area contributed by atoms with Gasteiger partial charge in [-0.2, -0.15) is 14.4 Å². The minimum atomic E-state index is -1.14. The Morgan fingerprint density at radius 2 is 1.90 bits per heavy atom. The molecule has 0 aliphatic rings. The number of rotatable bonds is 5. The van der Waals surface area contributed by atoms with Crippen LogP contribution in [0.25, 0.3) is 0 Å². The number of ether oxygens (including phenoxy) is 2. The van der Waals surface area contributed by atoms with Gasteiger partial charge in [0.05, 0.1) is 6.61 Å². The van der Waals surface area contributed by atoms with Gasteiger partial charge in [0.15, 0.2) is 11.6 Å². The first-order valence-electron chi connectivity index (χ1n) is 5.86. The summed E-state index contributed by atoms with van der Waals surface area (Å²) in [5.74, 6) is -2.66. The molecule has 2 rings (SSSR count). The molecule has 0 amide bonds. The second kappa shape index (κ2) is 6.09. The van der Waals surface area contributed by atoms with Gasteiger partial charge < -0.3 is 15.2 Å². The monoisotopic (exact) mass is 282 g/mol. The van der Waals surface area contributed by atoms with Gasteiger partial charge in [0, 0.05) is 0 Å². The molecule has 2 N–H and O–H groups in total. The Hall–Kier alpha value is -2.51. The van der Waals surface area contributed by atoms with E-state index >= 15 is 0 Å². The average Bonchev–Trinajstić information content (AvgIpc) is 2.41. The number of benzene rings is 1. The molecule has 0 aliphatic heterocycles. The first-order valence-corrected chi connectivity index (χ1v) is 5.86. The van der Waals surface area contributed by atoms with E-state index in [0.717, 1.165) is 12.5 Å². The average molecular weight is 282 g/mol. The molecule has 0 saturated carbocycles. The van der Waals surface area contributed by atoms with Crippen molar-refractivity contribution in [1.82, 2.24) is 15.0 Å². The molecule has 0 spiro atoms. The second-order valence-electron chi connectivity index (χ2n) is 3.76. The summed E-state index contributed by atoms with van der Waals surface area (Å²) in [6, 6.07) is 3.21. The van der Waals surface area contributed by atoms with E-state index in [1.54, 1.807) is 0 Å². The van der Waals surface area contributed by atoms with Gasteiger partial charge in [0.25, 0.3) is 0 Å². The van der Waals surface area contributed by atoms with Crippen molar-refractivity contribution in [3.63, 3.8) is 0 Å². The quantitative estimate of drug-likeness (QED) is 0.906. The Balaban J connectivity index is 2.24. The van der Waals surface area contributed by atoms with Gasteiger partial charge in [0.1, 0.15) is 0 Å². The van der Waals surface area contributed by atoms with Crippen molar-refractivity contribution in [2.75, 3.05) is 12.3 Å². The molecule has 0 bridgehead atoms. The van der Waals surface area contributed by atoms with E-state index < -0.39 is 11.6 Å². The first kappa shape index (κ1) is 13.9. The molecule has 20 heavy (non-hydrogen) atoms. The van der Waals surface area contributed by atoms with E-state index in [0.29, 0.717) is 6.61 Å². The molecule has 0 atom stereocenters. The molecule has 2 aromatic rings. The lowest BCUT2D eigenvalue weighted by atomic mass is 10.3. The zero-order chi connectivity index (χ0) is 14.5. The van der Waals surface area contributed by atoms with E-state index in [-0.39, 0.29) is 23.7 Å². The fraction of sp³-hybridized carbons (Fsp3) is 0.250. The van der Waals surface area contributed by atoms with Crippen molar-refractivity contribution in [2.24, 2.45) is 0 Å². The fourth-order valence-electron chi connectivity index (χ4n) is 1.32. The number of halogens is 2. The minimum absolute atomic E-state index is 0.0360. The molecule has 1 heterocycles. The number of aromatic nitrogens is 3. The highest BCUT2D eigenvalue weighted by Gasteiger charge is 2.13. The largest absolute Gasteiger partial charge is 0.463 e. The fourth-order valence-corrected chi connectivity index (χ4v) is 1.32. The summed E-state index contributed by atoms with van der Waals surface area (Å²) in [6.07, 6.45) is 0.750. The van der Waals surface area contributed by atoms with Crippen molar-refractivity contribution in [1.29, 1.82) is 0 Å². The molecule has 1 aromatic heterocycles. The summed E-state index contributed by atoms with van der Waals surface area (Å²) in [5, 5.41) is 0. The van der Waals surface area contributed by atoms with Crippen LogP contribution >= 0.6 is 0 Å². The third-order valence-corrected chi connectivity index (χ3v) is 2.16. The van der Waals surface area contributed by atoms with E-state index in [9.17, 15) is 8.78 Å². The SMILES string of the molecule is CCCOc1nc(N)nc(Oc2cccc(F)c2F)n1. The van der Waals surface area contributed by atoms with Crippen LogP contribution in [0.2, 0.25) is 0 Å². The highest BCUT2D eigenvalue weighted by molar-refractivity contribution is 5.29. The van der Waals surface area contributed by atoms with E-state index in [2.05, 4.69) is 15.0 Å². The lowest BCUT2D eigenvalue weighted by Crippen LogP contribution is -2.06. The van der Waals surface area contributed by atoms with Gasteiger partial charge >= 0.3 is 12.0 Å². The Labute approximate surface area is 113 Å². The van der Waals surface area contributed by atoms with Crippen LogP contribution in [0.5, 0.6) is 17.8 Å². The van der Waals surface area contributed by atoms with Gasteiger partial charge in [-0.25, -0.2) is 4.39 Å². The highest BCUT2D eigenvalue weighted by Crippen LogP contribution is 2.24. The van der Waals surface area contributed by atoms with Gasteiger partial charge in [-0.05, 0) is 18.6 Å². The normalized spacial score (nSPS) is 10.3. The number of nitrogen functional groups attached to an aromatic ring is 1. The summed E-state index contributed by atoms with van der Waals surface area (Å²) in [5.41, 5.74) is 5.46. The molecule has 0 radical (unpaired) electrons. The van der Waals surface area contributed by atoms with Crippen LogP contribution in [0, 0.1) is 11.6 Å². The van der Waals surface area contributed by atoms with Crippen molar-refractivity contribution in [2.45, 2.75) is 13.3 Å². The molecule has 106 valence electrons. The molecule has 0 unspecified atom stereocenters. The highest BCUT2D eigenvalue weighted by atomic mass is 19.2. The molecule has 8 heteroatoms. The number of anilines is 1. The van der Waals surface area contributed by atoms with E-state index in [4.69, 9.17) is 15.2 Å². The Morgan fingerprint density at radius 1 is 1.15 bits per heavy atom. The molecule has 1 aromatic carbocycles. The summed E-state index contributed by atoms with van der Waals surface area (Å²) < 4.78 is 36.7. The number of nitrogens with zero attached hydrogens (tertiary/aromatic N) is 3. The zero-order valence-corrected chi connectivity index (χ0v) is 10.6.